The van der Waals surface area contributed by atoms with E-state index in [2.05, 4.69) is 16.0 Å². The first-order valence-corrected chi connectivity index (χ1v) is 11.8. The number of piperidine rings is 1. The quantitative estimate of drug-likeness (QED) is 0.548. The number of rotatable bonds is 6. The van der Waals surface area contributed by atoms with Crippen LogP contribution in [0.1, 0.15) is 40.0 Å². The first-order valence-electron chi connectivity index (χ1n) is 11.8. The van der Waals surface area contributed by atoms with E-state index < -0.39 is 0 Å². The van der Waals surface area contributed by atoms with Gasteiger partial charge < -0.3 is 19.3 Å². The van der Waals surface area contributed by atoms with Crippen molar-refractivity contribution in [1.82, 2.24) is 19.4 Å². The van der Waals surface area contributed by atoms with E-state index in [0.29, 0.717) is 62.3 Å². The fourth-order valence-electron chi connectivity index (χ4n) is 4.91. The summed E-state index contributed by atoms with van der Waals surface area (Å²) < 4.78 is 7.03. The van der Waals surface area contributed by atoms with Gasteiger partial charge in [0.15, 0.2) is 5.78 Å². The summed E-state index contributed by atoms with van der Waals surface area (Å²) in [5, 5.41) is 19.0. The zero-order chi connectivity index (χ0) is 24.5. The van der Waals surface area contributed by atoms with Crippen LogP contribution in [-0.4, -0.2) is 75.2 Å². The summed E-state index contributed by atoms with van der Waals surface area (Å²) in [5.41, 5.74) is 4.95. The van der Waals surface area contributed by atoms with Gasteiger partial charge in [0.05, 0.1) is 54.0 Å². The number of aliphatic hydroxyl groups is 1. The van der Waals surface area contributed by atoms with Crippen LogP contribution in [0.5, 0.6) is 0 Å². The van der Waals surface area contributed by atoms with Gasteiger partial charge in [0, 0.05) is 30.7 Å². The van der Waals surface area contributed by atoms with Gasteiger partial charge >= 0.3 is 6.09 Å². The molecule has 180 valence electrons. The summed E-state index contributed by atoms with van der Waals surface area (Å²) in [5.74, 6) is -0.0142. The Morgan fingerprint density at radius 3 is 2.63 bits per heavy atom. The molecule has 9 nitrogen and oxygen atoms in total. The van der Waals surface area contributed by atoms with Crippen molar-refractivity contribution in [2.75, 3.05) is 32.8 Å². The second-order valence-electron chi connectivity index (χ2n) is 9.13. The number of ketones is 1. The maximum atomic E-state index is 13.5. The highest BCUT2D eigenvalue weighted by molar-refractivity contribution is 6.09. The maximum Gasteiger partial charge on any atom is 0.410 e. The number of carbonyl (C=O) groups is 2. The zero-order valence-corrected chi connectivity index (χ0v) is 19.6. The Labute approximate surface area is 203 Å². The largest absolute Gasteiger partial charge is 0.448 e. The molecule has 3 aromatic rings. The van der Waals surface area contributed by atoms with Crippen molar-refractivity contribution in [3.05, 3.63) is 58.9 Å². The third kappa shape index (κ3) is 4.50. The number of benzene rings is 1. The first kappa shape index (κ1) is 23.0. The second-order valence-corrected chi connectivity index (χ2v) is 9.13. The first-order chi connectivity index (χ1) is 16.9. The molecule has 4 heterocycles. The molecule has 2 aliphatic heterocycles. The highest BCUT2D eigenvalue weighted by Crippen LogP contribution is 2.30. The molecule has 0 unspecified atom stereocenters. The minimum atomic E-state index is -0.341. The molecule has 0 bridgehead atoms. The highest BCUT2D eigenvalue weighted by atomic mass is 16.6. The third-order valence-electron chi connectivity index (χ3n) is 6.78. The van der Waals surface area contributed by atoms with Crippen LogP contribution in [0.3, 0.4) is 0 Å². The minimum absolute atomic E-state index is 0.0142. The van der Waals surface area contributed by atoms with E-state index in [4.69, 9.17) is 4.74 Å². The van der Waals surface area contributed by atoms with Crippen molar-refractivity contribution in [2.24, 2.45) is 0 Å². The molecule has 2 aliphatic rings. The number of cyclic esters (lactones) is 1. The summed E-state index contributed by atoms with van der Waals surface area (Å²) in [4.78, 5) is 33.8. The zero-order valence-electron chi connectivity index (χ0n) is 19.6. The molecule has 1 N–H and O–H groups in total. The van der Waals surface area contributed by atoms with Crippen LogP contribution in [0.15, 0.2) is 36.5 Å². The molecule has 9 heteroatoms. The Kier molecular flexibility index (Phi) is 6.24. The smallest absolute Gasteiger partial charge is 0.410 e. The summed E-state index contributed by atoms with van der Waals surface area (Å²) in [6.45, 7) is 4.82. The standard InChI is InChI=1S/C26H27N5O4/c1-17-24(23(33)16-29-8-6-21(32)7-9-29)25-22(31(17)20-4-2-18(13-27)3-5-20)12-19(14-28-25)15-30-10-11-35-26(30)34/h2-5,12,14,21,32H,6-11,15-16H2,1H3. The molecule has 35 heavy (non-hydrogen) atoms. The predicted octanol–water partition coefficient (Wildman–Crippen LogP) is 2.80. The number of hydrogen-bond acceptors (Lipinski definition) is 7. The number of hydrogen-bond donors (Lipinski definition) is 1. The van der Waals surface area contributed by atoms with Gasteiger partial charge in [-0.1, -0.05) is 0 Å². The average Bonchev–Trinajstić information content (AvgIpc) is 3.39. The minimum Gasteiger partial charge on any atom is -0.448 e. The molecule has 2 saturated heterocycles. The van der Waals surface area contributed by atoms with Gasteiger partial charge in [0.2, 0.25) is 0 Å². The number of pyridine rings is 1. The van der Waals surface area contributed by atoms with Gasteiger partial charge in [0.1, 0.15) is 6.61 Å². The van der Waals surface area contributed by atoms with E-state index in [9.17, 15) is 20.0 Å². The Hall–Kier alpha value is -3.74. The lowest BCUT2D eigenvalue weighted by Gasteiger charge is -2.28. The van der Waals surface area contributed by atoms with Gasteiger partial charge in [-0.3, -0.25) is 14.7 Å². The lowest BCUT2D eigenvalue weighted by molar-refractivity contribution is 0.0711. The number of fused-ring (bicyclic) bond motifs is 1. The predicted molar refractivity (Wildman–Crippen MR) is 128 cm³/mol. The fraction of sp³-hybridized carbons (Fsp3) is 0.385. The van der Waals surface area contributed by atoms with Crippen molar-refractivity contribution in [3.63, 3.8) is 0 Å². The van der Waals surface area contributed by atoms with Crippen molar-refractivity contribution < 1.29 is 19.4 Å². The number of Topliss-reactive ketones (excluding diaryl/α,β-unsaturated/α-hetero) is 1. The van der Waals surface area contributed by atoms with Crippen LogP contribution < -0.4 is 0 Å². The molecule has 1 aromatic carbocycles. The van der Waals surface area contributed by atoms with Crippen molar-refractivity contribution in [2.45, 2.75) is 32.4 Å². The molecule has 0 radical (unpaired) electrons. The topological polar surface area (TPSA) is 112 Å². The molecule has 2 fully saturated rings. The van der Waals surface area contributed by atoms with Crippen LogP contribution in [0, 0.1) is 18.3 Å². The molecule has 0 saturated carbocycles. The molecular weight excluding hydrogens is 446 g/mol. The molecule has 0 spiro atoms. The normalized spacial score (nSPS) is 17.1. The van der Waals surface area contributed by atoms with Crippen LogP contribution in [0.2, 0.25) is 0 Å². The number of aliphatic hydroxyl groups excluding tert-OH is 1. The average molecular weight is 474 g/mol. The number of carbonyl (C=O) groups excluding carboxylic acids is 2. The fourth-order valence-corrected chi connectivity index (χ4v) is 4.91. The van der Waals surface area contributed by atoms with E-state index in [-0.39, 0.29) is 24.5 Å². The maximum absolute atomic E-state index is 13.5. The summed E-state index contributed by atoms with van der Waals surface area (Å²) in [6, 6.07) is 11.3. The third-order valence-corrected chi connectivity index (χ3v) is 6.78. The summed E-state index contributed by atoms with van der Waals surface area (Å²) in [6.07, 6.45) is 2.41. The van der Waals surface area contributed by atoms with E-state index in [0.717, 1.165) is 22.5 Å². The van der Waals surface area contributed by atoms with Gasteiger partial charge in [-0.05, 0) is 55.7 Å². The monoisotopic (exact) mass is 473 g/mol. The van der Waals surface area contributed by atoms with E-state index in [1.165, 1.54) is 0 Å². The lowest BCUT2D eigenvalue weighted by atomic mass is 10.1. The van der Waals surface area contributed by atoms with Crippen LogP contribution in [0.25, 0.3) is 16.7 Å². The van der Waals surface area contributed by atoms with Crippen molar-refractivity contribution >= 4 is 22.9 Å². The highest BCUT2D eigenvalue weighted by Gasteiger charge is 2.27. The Morgan fingerprint density at radius 1 is 1.23 bits per heavy atom. The molecule has 0 aliphatic carbocycles. The number of ether oxygens (including phenoxy) is 1. The van der Waals surface area contributed by atoms with E-state index in [1.807, 2.05) is 29.7 Å². The Bertz CT molecular complexity index is 1320. The van der Waals surface area contributed by atoms with Crippen molar-refractivity contribution in [3.8, 4) is 11.8 Å². The second kappa shape index (κ2) is 9.49. The molecule has 0 atom stereocenters. The molecular formula is C26H27N5O4. The number of aromatic nitrogens is 2. The Morgan fingerprint density at radius 2 is 1.97 bits per heavy atom. The number of amides is 1. The molecule has 2 aromatic heterocycles. The van der Waals surface area contributed by atoms with Crippen LogP contribution >= 0.6 is 0 Å². The van der Waals surface area contributed by atoms with Gasteiger partial charge in [0.25, 0.3) is 0 Å². The van der Waals surface area contributed by atoms with Gasteiger partial charge in [-0.25, -0.2) is 4.79 Å². The van der Waals surface area contributed by atoms with Gasteiger partial charge in [-0.2, -0.15) is 5.26 Å². The molecule has 1 amide bonds. The molecule has 5 rings (SSSR count). The summed E-state index contributed by atoms with van der Waals surface area (Å²) >= 11 is 0. The summed E-state index contributed by atoms with van der Waals surface area (Å²) in [7, 11) is 0. The van der Waals surface area contributed by atoms with Crippen LogP contribution in [-0.2, 0) is 11.3 Å². The number of nitrogens with zero attached hydrogens (tertiary/aromatic N) is 5. The van der Waals surface area contributed by atoms with Crippen molar-refractivity contribution in [1.29, 1.82) is 5.26 Å². The number of likely N-dealkylation sites (tertiary alicyclic amines) is 1. The Balaban J connectivity index is 1.55. The lowest BCUT2D eigenvalue weighted by Crippen LogP contribution is -2.39. The number of nitriles is 1. The van der Waals surface area contributed by atoms with E-state index >= 15 is 0 Å². The van der Waals surface area contributed by atoms with E-state index in [1.54, 1.807) is 23.2 Å². The van der Waals surface area contributed by atoms with Gasteiger partial charge in [-0.15, -0.1) is 0 Å². The van der Waals surface area contributed by atoms with Crippen LogP contribution in [0.4, 0.5) is 4.79 Å². The SMILES string of the molecule is Cc1c(C(=O)CN2CCC(O)CC2)c2ncc(CN3CCOC3=O)cc2n1-c1ccc(C#N)cc1.